The zero-order valence-corrected chi connectivity index (χ0v) is 11.1. The van der Waals surface area contributed by atoms with E-state index >= 15 is 0 Å². The molecule has 0 aliphatic carbocycles. The number of aromatic nitrogens is 2. The largest absolute Gasteiger partial charge is 0.319 e. The van der Waals surface area contributed by atoms with Gasteiger partial charge in [-0.1, -0.05) is 35.3 Å². The molecule has 5 heteroatoms. The Hall–Kier alpha value is -1.03. The van der Waals surface area contributed by atoms with E-state index in [1.807, 2.05) is 32.2 Å². The monoisotopic (exact) mass is 269 g/mol. The average Bonchev–Trinajstić information content (AvgIpc) is 2.62. The van der Waals surface area contributed by atoms with Crippen molar-refractivity contribution >= 4 is 23.2 Å². The van der Waals surface area contributed by atoms with E-state index < -0.39 is 0 Å². The number of halogens is 2. The number of nitrogens with two attached hydrogens (primary N) is 1. The Morgan fingerprint density at radius 3 is 2.53 bits per heavy atom. The zero-order chi connectivity index (χ0) is 12.6. The molecule has 3 nitrogen and oxygen atoms in total. The lowest BCUT2D eigenvalue weighted by molar-refractivity contribution is 0.673. The second kappa shape index (κ2) is 4.69. The maximum atomic E-state index is 6.19. The van der Waals surface area contributed by atoms with Crippen LogP contribution in [-0.2, 0) is 7.05 Å². The van der Waals surface area contributed by atoms with Gasteiger partial charge in [0.2, 0.25) is 0 Å². The minimum absolute atomic E-state index is 0.300. The molecule has 17 heavy (non-hydrogen) atoms. The molecule has 0 radical (unpaired) electrons. The standard InChI is InChI=1S/C12H13Cl2N3/c1-7-5-8(3-4-9(7)13)11(15)12-10(14)6-16-17(12)2/h3-6,11H,15H2,1-2H3. The van der Waals surface area contributed by atoms with Gasteiger partial charge in [0.05, 0.1) is 23.0 Å². The van der Waals surface area contributed by atoms with E-state index in [0.717, 1.165) is 21.8 Å². The molecule has 2 N–H and O–H groups in total. The van der Waals surface area contributed by atoms with E-state index in [4.69, 9.17) is 28.9 Å². The molecule has 0 spiro atoms. The lowest BCUT2D eigenvalue weighted by Gasteiger charge is -2.14. The normalized spacial score (nSPS) is 12.8. The summed E-state index contributed by atoms with van der Waals surface area (Å²) < 4.78 is 1.69. The summed E-state index contributed by atoms with van der Waals surface area (Å²) in [6.45, 7) is 1.95. The molecule has 90 valence electrons. The highest BCUT2D eigenvalue weighted by molar-refractivity contribution is 6.31. The summed E-state index contributed by atoms with van der Waals surface area (Å²) in [7, 11) is 1.82. The van der Waals surface area contributed by atoms with E-state index in [-0.39, 0.29) is 6.04 Å². The zero-order valence-electron chi connectivity index (χ0n) is 9.61. The van der Waals surface area contributed by atoms with Crippen LogP contribution in [0, 0.1) is 6.92 Å². The van der Waals surface area contributed by atoms with Gasteiger partial charge in [-0.25, -0.2) is 0 Å². The van der Waals surface area contributed by atoms with E-state index in [2.05, 4.69) is 5.10 Å². The number of nitrogens with zero attached hydrogens (tertiary/aromatic N) is 2. The summed E-state index contributed by atoms with van der Waals surface area (Å²) in [6, 6.07) is 5.42. The van der Waals surface area contributed by atoms with Crippen molar-refractivity contribution < 1.29 is 0 Å². The number of hydrogen-bond acceptors (Lipinski definition) is 2. The number of aryl methyl sites for hydroxylation is 2. The van der Waals surface area contributed by atoms with E-state index in [1.54, 1.807) is 10.9 Å². The van der Waals surface area contributed by atoms with Crippen LogP contribution in [-0.4, -0.2) is 9.78 Å². The first-order valence-corrected chi connectivity index (χ1v) is 5.95. The van der Waals surface area contributed by atoms with Gasteiger partial charge in [-0.3, -0.25) is 4.68 Å². The van der Waals surface area contributed by atoms with E-state index in [0.29, 0.717) is 5.02 Å². The topological polar surface area (TPSA) is 43.8 Å². The fourth-order valence-corrected chi connectivity index (χ4v) is 2.19. The molecule has 0 amide bonds. The molecule has 1 aromatic heterocycles. The second-order valence-corrected chi connectivity index (χ2v) is 4.80. The van der Waals surface area contributed by atoms with Crippen LogP contribution in [0.3, 0.4) is 0 Å². The summed E-state index contributed by atoms with van der Waals surface area (Å²) in [5.41, 5.74) is 8.96. The molecule has 0 fully saturated rings. The minimum Gasteiger partial charge on any atom is -0.319 e. The predicted octanol–water partition coefficient (Wildman–Crippen LogP) is 3.08. The maximum Gasteiger partial charge on any atom is 0.0837 e. The quantitative estimate of drug-likeness (QED) is 0.911. The van der Waals surface area contributed by atoms with Crippen LogP contribution in [0.1, 0.15) is 22.9 Å². The summed E-state index contributed by atoms with van der Waals surface area (Å²) >= 11 is 12.1. The molecular formula is C12H13Cl2N3. The third-order valence-corrected chi connectivity index (χ3v) is 3.49. The number of rotatable bonds is 2. The van der Waals surface area contributed by atoms with Crippen molar-refractivity contribution in [1.82, 2.24) is 9.78 Å². The fraction of sp³-hybridized carbons (Fsp3) is 0.250. The Morgan fingerprint density at radius 2 is 2.00 bits per heavy atom. The molecule has 1 aromatic carbocycles. The van der Waals surface area contributed by atoms with Crippen LogP contribution in [0.15, 0.2) is 24.4 Å². The summed E-state index contributed by atoms with van der Waals surface area (Å²) in [6.07, 6.45) is 1.60. The highest BCUT2D eigenvalue weighted by Gasteiger charge is 2.17. The van der Waals surface area contributed by atoms with Crippen molar-refractivity contribution in [3.05, 3.63) is 51.3 Å². The Labute approximate surface area is 110 Å². The minimum atomic E-state index is -0.300. The molecule has 0 bridgehead atoms. The van der Waals surface area contributed by atoms with Crippen LogP contribution in [0.4, 0.5) is 0 Å². The van der Waals surface area contributed by atoms with Crippen LogP contribution in [0.5, 0.6) is 0 Å². The molecule has 1 atom stereocenters. The molecule has 2 rings (SSSR count). The van der Waals surface area contributed by atoms with E-state index in [9.17, 15) is 0 Å². The number of benzene rings is 1. The lowest BCUT2D eigenvalue weighted by atomic mass is 10.0. The molecule has 1 heterocycles. The Kier molecular flexibility index (Phi) is 3.43. The van der Waals surface area contributed by atoms with Crippen molar-refractivity contribution in [2.24, 2.45) is 12.8 Å². The molecule has 0 aliphatic heterocycles. The molecular weight excluding hydrogens is 257 g/mol. The fourth-order valence-electron chi connectivity index (χ4n) is 1.79. The van der Waals surface area contributed by atoms with Gasteiger partial charge in [0.15, 0.2) is 0 Å². The van der Waals surface area contributed by atoms with Crippen molar-refractivity contribution in [3.8, 4) is 0 Å². The lowest BCUT2D eigenvalue weighted by Crippen LogP contribution is -2.16. The van der Waals surface area contributed by atoms with Gasteiger partial charge in [0, 0.05) is 12.1 Å². The van der Waals surface area contributed by atoms with Gasteiger partial charge in [-0.2, -0.15) is 5.10 Å². The summed E-state index contributed by atoms with van der Waals surface area (Å²) in [5.74, 6) is 0. The van der Waals surface area contributed by atoms with Gasteiger partial charge in [-0.15, -0.1) is 0 Å². The highest BCUT2D eigenvalue weighted by Crippen LogP contribution is 2.27. The van der Waals surface area contributed by atoms with Crippen molar-refractivity contribution in [3.63, 3.8) is 0 Å². The molecule has 0 aliphatic rings. The predicted molar refractivity (Wildman–Crippen MR) is 70.4 cm³/mol. The molecule has 1 unspecified atom stereocenters. The van der Waals surface area contributed by atoms with Crippen LogP contribution >= 0.6 is 23.2 Å². The van der Waals surface area contributed by atoms with E-state index in [1.165, 1.54) is 0 Å². The first-order chi connectivity index (χ1) is 8.00. The average molecular weight is 270 g/mol. The first-order valence-electron chi connectivity index (χ1n) is 5.19. The third-order valence-electron chi connectivity index (χ3n) is 2.77. The molecule has 0 saturated carbocycles. The van der Waals surface area contributed by atoms with Gasteiger partial charge in [0.1, 0.15) is 0 Å². The number of hydrogen-bond donors (Lipinski definition) is 1. The smallest absolute Gasteiger partial charge is 0.0837 e. The molecule has 0 saturated heterocycles. The van der Waals surface area contributed by atoms with Crippen LogP contribution in [0.2, 0.25) is 10.0 Å². The summed E-state index contributed by atoms with van der Waals surface area (Å²) in [5, 5.41) is 5.39. The van der Waals surface area contributed by atoms with Crippen LogP contribution < -0.4 is 5.73 Å². The maximum absolute atomic E-state index is 6.19. The Morgan fingerprint density at radius 1 is 1.29 bits per heavy atom. The van der Waals surface area contributed by atoms with Crippen molar-refractivity contribution in [2.45, 2.75) is 13.0 Å². The van der Waals surface area contributed by atoms with Crippen molar-refractivity contribution in [2.75, 3.05) is 0 Å². The van der Waals surface area contributed by atoms with Gasteiger partial charge >= 0.3 is 0 Å². The van der Waals surface area contributed by atoms with Gasteiger partial charge in [-0.05, 0) is 24.1 Å². The molecule has 2 aromatic rings. The summed E-state index contributed by atoms with van der Waals surface area (Å²) in [4.78, 5) is 0. The highest BCUT2D eigenvalue weighted by atomic mass is 35.5. The Bertz CT molecular complexity index is 529. The Balaban J connectivity index is 2.43. The van der Waals surface area contributed by atoms with Crippen molar-refractivity contribution in [1.29, 1.82) is 0 Å². The van der Waals surface area contributed by atoms with Crippen LogP contribution in [0.25, 0.3) is 0 Å². The van der Waals surface area contributed by atoms with Gasteiger partial charge in [0.25, 0.3) is 0 Å². The first kappa shape index (κ1) is 12.4. The second-order valence-electron chi connectivity index (χ2n) is 3.99. The van der Waals surface area contributed by atoms with Gasteiger partial charge < -0.3 is 5.73 Å². The third kappa shape index (κ3) is 2.32. The SMILES string of the molecule is Cc1cc(C(N)c2c(Cl)cnn2C)ccc1Cl.